The highest BCUT2D eigenvalue weighted by Crippen LogP contribution is 2.17. The van der Waals surface area contributed by atoms with Gasteiger partial charge >= 0.3 is 0 Å². The SMILES string of the molecule is CCC(C)C=C[C@@H](O)[C@H](O)[C@@H](O)[C@@H](OC)C(=O)N[C@H]1CCCCN(Cc2ccccc2)C1=O. The molecule has 1 aromatic rings. The van der Waals surface area contributed by atoms with Gasteiger partial charge in [0.05, 0.1) is 0 Å². The molecule has 0 spiro atoms. The third kappa shape index (κ3) is 7.92. The number of likely N-dealkylation sites (tertiary alicyclic amines) is 1. The zero-order chi connectivity index (χ0) is 24.4. The Bertz CT molecular complexity index is 771. The number of hydrogen-bond donors (Lipinski definition) is 4. The van der Waals surface area contributed by atoms with Crippen molar-refractivity contribution in [2.75, 3.05) is 13.7 Å². The molecule has 1 fully saturated rings. The number of carbonyl (C=O) groups is 2. The second-order valence-corrected chi connectivity index (χ2v) is 8.70. The molecule has 8 nitrogen and oxygen atoms in total. The first-order valence-electron chi connectivity index (χ1n) is 11.7. The topological polar surface area (TPSA) is 119 Å². The van der Waals surface area contributed by atoms with E-state index in [1.807, 2.05) is 44.2 Å². The van der Waals surface area contributed by atoms with E-state index in [-0.39, 0.29) is 11.8 Å². The molecule has 0 bridgehead atoms. The summed E-state index contributed by atoms with van der Waals surface area (Å²) < 4.78 is 5.14. The fraction of sp³-hybridized carbons (Fsp3) is 0.600. The van der Waals surface area contributed by atoms with Gasteiger partial charge in [0.15, 0.2) is 6.10 Å². The van der Waals surface area contributed by atoms with Crippen LogP contribution >= 0.6 is 0 Å². The average Bonchev–Trinajstić information content (AvgIpc) is 2.99. The summed E-state index contributed by atoms with van der Waals surface area (Å²) in [5.74, 6) is -0.696. The van der Waals surface area contributed by atoms with Gasteiger partial charge in [0, 0.05) is 20.2 Å². The van der Waals surface area contributed by atoms with E-state index in [1.165, 1.54) is 13.2 Å². The Morgan fingerprint density at radius 1 is 1.18 bits per heavy atom. The third-order valence-electron chi connectivity index (χ3n) is 6.12. The standard InChI is InChI=1S/C25H38N2O6/c1-4-17(2)13-14-20(28)21(29)22(30)23(33-3)24(31)26-19-12-8-9-15-27(25(19)32)16-18-10-6-5-7-11-18/h5-7,10-11,13-14,17,19-23,28-30H,4,8-9,12,15-16H2,1-3H3,(H,26,31)/t17?,19-,20+,21-,22+,23+/m0/s1. The number of hydrogen-bond acceptors (Lipinski definition) is 6. The zero-order valence-electron chi connectivity index (χ0n) is 19.8. The van der Waals surface area contributed by atoms with Gasteiger partial charge < -0.3 is 30.3 Å². The zero-order valence-corrected chi connectivity index (χ0v) is 19.8. The average molecular weight is 463 g/mol. The molecular weight excluding hydrogens is 424 g/mol. The molecule has 33 heavy (non-hydrogen) atoms. The van der Waals surface area contributed by atoms with E-state index in [0.717, 1.165) is 24.8 Å². The molecule has 2 amide bonds. The lowest BCUT2D eigenvalue weighted by atomic mass is 9.99. The van der Waals surface area contributed by atoms with Gasteiger partial charge in [0.1, 0.15) is 24.4 Å². The number of rotatable bonds is 11. The van der Waals surface area contributed by atoms with Crippen molar-refractivity contribution in [3.63, 3.8) is 0 Å². The van der Waals surface area contributed by atoms with E-state index in [4.69, 9.17) is 4.74 Å². The molecule has 8 heteroatoms. The number of ether oxygens (including phenoxy) is 1. The van der Waals surface area contributed by atoms with Crippen molar-refractivity contribution in [2.45, 2.75) is 76.5 Å². The van der Waals surface area contributed by atoms with Crippen LogP contribution < -0.4 is 5.32 Å². The lowest BCUT2D eigenvalue weighted by molar-refractivity contribution is -0.151. The van der Waals surface area contributed by atoms with Gasteiger partial charge in [0.25, 0.3) is 5.91 Å². The van der Waals surface area contributed by atoms with E-state index >= 15 is 0 Å². The molecule has 1 aliphatic rings. The van der Waals surface area contributed by atoms with E-state index in [2.05, 4.69) is 5.32 Å². The number of benzene rings is 1. The fourth-order valence-corrected chi connectivity index (χ4v) is 3.79. The highest BCUT2D eigenvalue weighted by Gasteiger charge is 2.37. The summed E-state index contributed by atoms with van der Waals surface area (Å²) in [6, 6.07) is 8.90. The highest BCUT2D eigenvalue weighted by molar-refractivity contribution is 5.89. The van der Waals surface area contributed by atoms with Crippen LogP contribution in [0.25, 0.3) is 0 Å². The van der Waals surface area contributed by atoms with Crippen LogP contribution in [0.2, 0.25) is 0 Å². The molecule has 1 aliphatic heterocycles. The van der Waals surface area contributed by atoms with Crippen molar-refractivity contribution < 1.29 is 29.6 Å². The van der Waals surface area contributed by atoms with Crippen molar-refractivity contribution in [3.8, 4) is 0 Å². The molecule has 0 radical (unpaired) electrons. The number of carbonyl (C=O) groups excluding carboxylic acids is 2. The lowest BCUT2D eigenvalue weighted by Gasteiger charge is -2.29. The second kappa shape index (κ2) is 13.4. The largest absolute Gasteiger partial charge is 0.387 e. The summed E-state index contributed by atoms with van der Waals surface area (Å²) >= 11 is 0. The molecule has 1 unspecified atom stereocenters. The lowest BCUT2D eigenvalue weighted by Crippen LogP contribution is -2.55. The van der Waals surface area contributed by atoms with Crippen LogP contribution in [0.4, 0.5) is 0 Å². The molecule has 0 saturated carbocycles. The molecule has 0 aromatic heterocycles. The van der Waals surface area contributed by atoms with Gasteiger partial charge in [-0.05, 0) is 30.7 Å². The number of allylic oxidation sites excluding steroid dienone is 1. The van der Waals surface area contributed by atoms with Gasteiger partial charge in [0.2, 0.25) is 5.91 Å². The molecule has 1 saturated heterocycles. The van der Waals surface area contributed by atoms with Crippen molar-refractivity contribution in [1.29, 1.82) is 0 Å². The molecule has 1 aromatic carbocycles. The summed E-state index contributed by atoms with van der Waals surface area (Å²) in [7, 11) is 1.23. The summed E-state index contributed by atoms with van der Waals surface area (Å²) in [5, 5.41) is 33.7. The van der Waals surface area contributed by atoms with Gasteiger partial charge in [-0.3, -0.25) is 9.59 Å². The predicted octanol–water partition coefficient (Wildman–Crippen LogP) is 1.38. The second-order valence-electron chi connectivity index (χ2n) is 8.70. The maximum atomic E-state index is 13.1. The van der Waals surface area contributed by atoms with E-state index < -0.39 is 36.4 Å². The number of aliphatic hydroxyl groups is 3. The van der Waals surface area contributed by atoms with Crippen LogP contribution in [0.1, 0.15) is 45.1 Å². The van der Waals surface area contributed by atoms with E-state index in [1.54, 1.807) is 11.0 Å². The first-order chi connectivity index (χ1) is 15.8. The molecule has 1 heterocycles. The minimum Gasteiger partial charge on any atom is -0.387 e. The van der Waals surface area contributed by atoms with Gasteiger partial charge in [-0.2, -0.15) is 0 Å². The molecule has 184 valence electrons. The third-order valence-corrected chi connectivity index (χ3v) is 6.12. The van der Waals surface area contributed by atoms with Crippen molar-refractivity contribution in [3.05, 3.63) is 48.0 Å². The monoisotopic (exact) mass is 462 g/mol. The minimum absolute atomic E-state index is 0.189. The summed E-state index contributed by atoms with van der Waals surface area (Å²) in [5.41, 5.74) is 1.01. The fourth-order valence-electron chi connectivity index (χ4n) is 3.79. The molecular formula is C25H38N2O6. The number of nitrogens with one attached hydrogen (secondary N) is 1. The Labute approximate surface area is 196 Å². The van der Waals surface area contributed by atoms with Gasteiger partial charge in [-0.15, -0.1) is 0 Å². The van der Waals surface area contributed by atoms with Crippen LogP contribution in [0, 0.1) is 5.92 Å². The summed E-state index contributed by atoms with van der Waals surface area (Å²) in [6.45, 7) is 5.01. The number of nitrogens with zero attached hydrogens (tertiary/aromatic N) is 1. The number of aliphatic hydroxyl groups excluding tert-OH is 3. The Kier molecular flexibility index (Phi) is 11.0. The van der Waals surface area contributed by atoms with Crippen LogP contribution in [0.5, 0.6) is 0 Å². The highest BCUT2D eigenvalue weighted by atomic mass is 16.5. The van der Waals surface area contributed by atoms with Crippen LogP contribution in [0.15, 0.2) is 42.5 Å². The minimum atomic E-state index is -1.67. The molecule has 4 N–H and O–H groups in total. The normalized spacial score (nSPS) is 21.8. The van der Waals surface area contributed by atoms with Crippen LogP contribution in [-0.4, -0.2) is 76.1 Å². The van der Waals surface area contributed by atoms with Gasteiger partial charge in [-0.1, -0.05) is 62.8 Å². The number of amides is 2. The Hall–Kier alpha value is -2.26. The quantitative estimate of drug-likeness (QED) is 0.369. The van der Waals surface area contributed by atoms with Crippen molar-refractivity contribution in [2.24, 2.45) is 5.92 Å². The van der Waals surface area contributed by atoms with E-state index in [9.17, 15) is 24.9 Å². The Balaban J connectivity index is 2.03. The predicted molar refractivity (Wildman–Crippen MR) is 125 cm³/mol. The maximum absolute atomic E-state index is 13.1. The van der Waals surface area contributed by atoms with Crippen molar-refractivity contribution in [1.82, 2.24) is 10.2 Å². The summed E-state index contributed by atoms with van der Waals surface area (Å²) in [4.78, 5) is 27.7. The first kappa shape index (κ1) is 27.0. The van der Waals surface area contributed by atoms with E-state index in [0.29, 0.717) is 19.5 Å². The Morgan fingerprint density at radius 2 is 1.88 bits per heavy atom. The smallest absolute Gasteiger partial charge is 0.252 e. The Morgan fingerprint density at radius 3 is 2.52 bits per heavy atom. The van der Waals surface area contributed by atoms with Crippen LogP contribution in [0.3, 0.4) is 0 Å². The summed E-state index contributed by atoms with van der Waals surface area (Å²) in [6.07, 6.45) is -0.0124. The molecule has 0 aliphatic carbocycles. The van der Waals surface area contributed by atoms with Crippen LogP contribution in [-0.2, 0) is 20.9 Å². The molecule has 2 rings (SSSR count). The first-order valence-corrected chi connectivity index (χ1v) is 11.7. The molecule has 6 atom stereocenters. The maximum Gasteiger partial charge on any atom is 0.252 e. The van der Waals surface area contributed by atoms with Gasteiger partial charge in [-0.25, -0.2) is 0 Å². The number of methoxy groups -OCH3 is 1. The van der Waals surface area contributed by atoms with Crippen molar-refractivity contribution >= 4 is 11.8 Å².